The third-order valence-corrected chi connectivity index (χ3v) is 4.50. The molecule has 4 nitrogen and oxygen atoms in total. The van der Waals surface area contributed by atoms with Crippen molar-refractivity contribution in [2.24, 2.45) is 7.05 Å². The molecular weight excluding hydrogens is 262 g/mol. The predicted molar refractivity (Wildman–Crippen MR) is 83.5 cm³/mol. The highest BCUT2D eigenvalue weighted by Gasteiger charge is 2.26. The molecule has 1 amide bonds. The molecule has 4 rings (SSSR count). The number of fused-ring (bicyclic) bond motifs is 5. The van der Waals surface area contributed by atoms with Crippen LogP contribution in [0.25, 0.3) is 21.8 Å². The predicted octanol–water partition coefficient (Wildman–Crippen LogP) is 2.74. The number of aromatic nitrogens is 2. The van der Waals surface area contributed by atoms with Gasteiger partial charge in [0, 0.05) is 37.6 Å². The van der Waals surface area contributed by atoms with Gasteiger partial charge in [-0.05, 0) is 24.5 Å². The van der Waals surface area contributed by atoms with Gasteiger partial charge in [-0.1, -0.05) is 18.2 Å². The molecule has 2 aromatic heterocycles. The van der Waals surface area contributed by atoms with E-state index in [1.165, 1.54) is 10.9 Å². The van der Waals surface area contributed by atoms with Crippen LogP contribution in [-0.4, -0.2) is 34.0 Å². The fourth-order valence-corrected chi connectivity index (χ4v) is 3.46. The lowest BCUT2D eigenvalue weighted by atomic mass is 10.0. The van der Waals surface area contributed by atoms with Crippen molar-refractivity contribution >= 4 is 27.7 Å². The van der Waals surface area contributed by atoms with Crippen LogP contribution in [0.3, 0.4) is 0 Å². The maximum atomic E-state index is 12.6. The minimum atomic E-state index is 0.116. The topological polar surface area (TPSA) is 38.1 Å². The summed E-state index contributed by atoms with van der Waals surface area (Å²) >= 11 is 0. The van der Waals surface area contributed by atoms with Gasteiger partial charge in [0.2, 0.25) is 0 Å². The first-order valence-electron chi connectivity index (χ1n) is 7.29. The Bertz CT molecular complexity index is 878. The van der Waals surface area contributed by atoms with Crippen molar-refractivity contribution in [3.8, 4) is 0 Å². The van der Waals surface area contributed by atoms with E-state index in [0.717, 1.165) is 41.5 Å². The fourth-order valence-electron chi connectivity index (χ4n) is 3.46. The van der Waals surface area contributed by atoms with Crippen molar-refractivity contribution in [1.29, 1.82) is 0 Å². The van der Waals surface area contributed by atoms with Gasteiger partial charge >= 0.3 is 0 Å². The van der Waals surface area contributed by atoms with Gasteiger partial charge < -0.3 is 9.47 Å². The molecule has 0 fully saturated rings. The summed E-state index contributed by atoms with van der Waals surface area (Å²) in [6, 6.07) is 8.25. The molecule has 0 spiro atoms. The number of rotatable bonds is 0. The average molecular weight is 279 g/mol. The number of hydrogen-bond acceptors (Lipinski definition) is 2. The molecule has 1 aliphatic rings. The molecule has 0 atom stereocenters. The molecule has 0 radical (unpaired) electrons. The minimum Gasteiger partial charge on any atom is -0.340 e. The van der Waals surface area contributed by atoms with E-state index in [4.69, 9.17) is 0 Å². The highest BCUT2D eigenvalue weighted by atomic mass is 16.2. The van der Waals surface area contributed by atoms with Crippen molar-refractivity contribution in [3.63, 3.8) is 0 Å². The Morgan fingerprint density at radius 3 is 2.90 bits per heavy atom. The molecule has 3 heterocycles. The maximum absolute atomic E-state index is 12.6. The number of pyridine rings is 1. The molecule has 0 N–H and O–H groups in total. The molecule has 0 aliphatic carbocycles. The lowest BCUT2D eigenvalue weighted by molar-refractivity contribution is 0.0791. The normalized spacial score (nSPS) is 15.5. The summed E-state index contributed by atoms with van der Waals surface area (Å²) in [5.41, 5.74) is 4.04. The largest absolute Gasteiger partial charge is 0.340 e. The van der Waals surface area contributed by atoms with Crippen LogP contribution in [0, 0.1) is 0 Å². The van der Waals surface area contributed by atoms with Gasteiger partial charge in [-0.15, -0.1) is 0 Å². The number of benzene rings is 1. The Morgan fingerprint density at radius 1 is 1.19 bits per heavy atom. The molecule has 3 aromatic rings. The summed E-state index contributed by atoms with van der Waals surface area (Å²) in [7, 11) is 3.86. The lowest BCUT2D eigenvalue weighted by Gasteiger charge is -2.14. The van der Waals surface area contributed by atoms with Crippen LogP contribution in [0.4, 0.5) is 0 Å². The first-order valence-corrected chi connectivity index (χ1v) is 7.29. The van der Waals surface area contributed by atoms with Crippen LogP contribution in [-0.2, 0) is 13.5 Å². The minimum absolute atomic E-state index is 0.116. The summed E-state index contributed by atoms with van der Waals surface area (Å²) in [6.07, 6.45) is 3.77. The molecule has 0 bridgehead atoms. The first kappa shape index (κ1) is 12.4. The lowest BCUT2D eigenvalue weighted by Crippen LogP contribution is -2.27. The number of carbonyl (C=O) groups is 1. The van der Waals surface area contributed by atoms with Crippen LogP contribution in [0.5, 0.6) is 0 Å². The van der Waals surface area contributed by atoms with E-state index in [2.05, 4.69) is 23.2 Å². The van der Waals surface area contributed by atoms with Gasteiger partial charge in [0.05, 0.1) is 11.0 Å². The zero-order valence-electron chi connectivity index (χ0n) is 12.3. The molecule has 1 aromatic carbocycles. The smallest absolute Gasteiger partial charge is 0.270 e. The Hall–Kier alpha value is -2.36. The second-order valence-corrected chi connectivity index (χ2v) is 5.75. The van der Waals surface area contributed by atoms with E-state index < -0.39 is 0 Å². The third-order valence-electron chi connectivity index (χ3n) is 4.50. The van der Waals surface area contributed by atoms with Crippen molar-refractivity contribution in [2.45, 2.75) is 12.8 Å². The molecule has 4 heteroatoms. The Balaban J connectivity index is 2.16. The zero-order chi connectivity index (χ0) is 14.6. The number of carbonyl (C=O) groups excluding carboxylic acids is 1. The van der Waals surface area contributed by atoms with E-state index >= 15 is 0 Å². The average Bonchev–Trinajstić information content (AvgIpc) is 2.70. The summed E-state index contributed by atoms with van der Waals surface area (Å²) in [5.74, 6) is 0.116. The number of nitrogens with zero attached hydrogens (tertiary/aromatic N) is 3. The highest BCUT2D eigenvalue weighted by molar-refractivity contribution is 6.10. The van der Waals surface area contributed by atoms with Crippen LogP contribution in [0.15, 0.2) is 30.5 Å². The Labute approximate surface area is 123 Å². The molecule has 21 heavy (non-hydrogen) atoms. The summed E-state index contributed by atoms with van der Waals surface area (Å²) in [4.78, 5) is 19.0. The van der Waals surface area contributed by atoms with Crippen LogP contribution in [0.1, 0.15) is 22.5 Å². The fraction of sp³-hybridized carbons (Fsp3) is 0.294. The van der Waals surface area contributed by atoms with Crippen molar-refractivity contribution in [1.82, 2.24) is 14.5 Å². The van der Waals surface area contributed by atoms with E-state index in [-0.39, 0.29) is 5.91 Å². The van der Waals surface area contributed by atoms with Crippen LogP contribution >= 0.6 is 0 Å². The summed E-state index contributed by atoms with van der Waals surface area (Å²) < 4.78 is 2.03. The Morgan fingerprint density at radius 2 is 2.05 bits per heavy atom. The summed E-state index contributed by atoms with van der Waals surface area (Å²) in [6.45, 7) is 0.820. The Kier molecular flexibility index (Phi) is 2.55. The molecule has 0 saturated carbocycles. The van der Waals surface area contributed by atoms with Gasteiger partial charge in [-0.25, -0.2) is 0 Å². The maximum Gasteiger partial charge on any atom is 0.270 e. The van der Waals surface area contributed by atoms with Crippen LogP contribution < -0.4 is 0 Å². The molecule has 106 valence electrons. The number of hydrogen-bond donors (Lipinski definition) is 0. The SMILES string of the molecule is CN1CCCc2c(n(C)c3c2ccc2cccnc23)C1=O. The summed E-state index contributed by atoms with van der Waals surface area (Å²) in [5, 5.41) is 2.28. The zero-order valence-corrected chi connectivity index (χ0v) is 12.3. The van der Waals surface area contributed by atoms with Crippen molar-refractivity contribution < 1.29 is 4.79 Å². The molecular formula is C17H17N3O. The highest BCUT2D eigenvalue weighted by Crippen LogP contribution is 2.33. The van der Waals surface area contributed by atoms with E-state index in [1.807, 2.05) is 35.8 Å². The standard InChI is InChI=1S/C17H17N3O/c1-19-10-4-6-12-13-8-7-11-5-3-9-18-14(11)15(13)20(2)16(12)17(19)21/h3,5,7-9H,4,6,10H2,1-2H3. The van der Waals surface area contributed by atoms with E-state index in [0.29, 0.717) is 0 Å². The third kappa shape index (κ3) is 1.62. The van der Waals surface area contributed by atoms with Crippen LogP contribution in [0.2, 0.25) is 0 Å². The second kappa shape index (κ2) is 4.32. The second-order valence-electron chi connectivity index (χ2n) is 5.75. The number of aryl methyl sites for hydroxylation is 2. The molecule has 0 unspecified atom stereocenters. The van der Waals surface area contributed by atoms with Gasteiger partial charge in [0.1, 0.15) is 5.69 Å². The number of amides is 1. The molecule has 1 aliphatic heterocycles. The van der Waals surface area contributed by atoms with Gasteiger partial charge in [-0.2, -0.15) is 0 Å². The van der Waals surface area contributed by atoms with E-state index in [9.17, 15) is 4.79 Å². The van der Waals surface area contributed by atoms with Crippen molar-refractivity contribution in [2.75, 3.05) is 13.6 Å². The quantitative estimate of drug-likeness (QED) is 0.634. The monoisotopic (exact) mass is 279 g/mol. The molecule has 0 saturated heterocycles. The first-order chi connectivity index (χ1) is 10.2. The van der Waals surface area contributed by atoms with Gasteiger partial charge in [-0.3, -0.25) is 9.78 Å². The van der Waals surface area contributed by atoms with Gasteiger partial charge in [0.25, 0.3) is 5.91 Å². The van der Waals surface area contributed by atoms with Crippen molar-refractivity contribution in [3.05, 3.63) is 41.7 Å². The van der Waals surface area contributed by atoms with Gasteiger partial charge in [0.15, 0.2) is 0 Å². The van der Waals surface area contributed by atoms with E-state index in [1.54, 1.807) is 0 Å².